The van der Waals surface area contributed by atoms with Gasteiger partial charge in [0.2, 0.25) is 6.41 Å². The predicted molar refractivity (Wildman–Crippen MR) is 127 cm³/mol. The van der Waals surface area contributed by atoms with Crippen molar-refractivity contribution < 1.29 is 9.18 Å². The van der Waals surface area contributed by atoms with Crippen LogP contribution in [-0.4, -0.2) is 48.5 Å². The molecule has 1 aliphatic carbocycles. The molecule has 2 aliphatic rings. The van der Waals surface area contributed by atoms with Crippen LogP contribution < -0.4 is 5.32 Å². The Morgan fingerprint density at radius 1 is 1.30 bits per heavy atom. The summed E-state index contributed by atoms with van der Waals surface area (Å²) < 4.78 is 13.8. The van der Waals surface area contributed by atoms with Crippen LogP contribution in [0.4, 0.5) is 4.39 Å². The van der Waals surface area contributed by atoms with E-state index in [2.05, 4.69) is 10.3 Å². The molecule has 7 heteroatoms. The number of halogens is 2. The number of hydrogen-bond donors (Lipinski definition) is 1. The minimum atomic E-state index is -0.299. The van der Waals surface area contributed by atoms with Crippen molar-refractivity contribution in [2.24, 2.45) is 4.99 Å². The molecule has 4 nitrogen and oxygen atoms in total. The van der Waals surface area contributed by atoms with E-state index < -0.39 is 0 Å². The lowest BCUT2D eigenvalue weighted by molar-refractivity contribution is -0.117. The van der Waals surface area contributed by atoms with Crippen molar-refractivity contribution in [1.82, 2.24) is 10.2 Å². The lowest BCUT2D eigenvalue weighted by Crippen LogP contribution is -2.35. The highest BCUT2D eigenvalue weighted by Gasteiger charge is 2.19. The molecule has 1 N–H and O–H groups in total. The van der Waals surface area contributed by atoms with E-state index >= 15 is 0 Å². The summed E-state index contributed by atoms with van der Waals surface area (Å²) in [6, 6.07) is 3.85. The molecule has 0 spiro atoms. The number of carbonyl (C=O) groups excluding carboxylic acids is 1. The van der Waals surface area contributed by atoms with Gasteiger partial charge in [0.05, 0.1) is 16.3 Å². The number of nitrogens with zero attached hydrogens (tertiary/aromatic N) is 2. The number of aliphatic imine (C=N–C) groups is 1. The van der Waals surface area contributed by atoms with E-state index in [1.165, 1.54) is 36.7 Å². The van der Waals surface area contributed by atoms with Gasteiger partial charge in [0.25, 0.3) is 0 Å². The largest absolute Gasteiger partial charge is 0.344 e. The maximum Gasteiger partial charge on any atom is 0.209 e. The molecule has 1 aromatic carbocycles. The molecule has 0 bridgehead atoms. The Kier molecular flexibility index (Phi) is 10.4. The first kappa shape index (κ1) is 24.9. The summed E-state index contributed by atoms with van der Waals surface area (Å²) >= 11 is 7.85. The molecule has 1 heterocycles. The lowest BCUT2D eigenvalue weighted by atomic mass is 10.1. The number of rotatable bonds is 7. The number of amides is 1. The number of aryl methyl sites for hydroxylation is 1. The second-order valence-corrected chi connectivity index (χ2v) is 9.28. The van der Waals surface area contributed by atoms with Crippen molar-refractivity contribution in [1.29, 1.82) is 0 Å². The summed E-state index contributed by atoms with van der Waals surface area (Å²) in [7, 11) is 0. The van der Waals surface area contributed by atoms with E-state index in [0.717, 1.165) is 43.0 Å². The van der Waals surface area contributed by atoms with Gasteiger partial charge < -0.3 is 10.2 Å². The van der Waals surface area contributed by atoms with Crippen molar-refractivity contribution in [3.63, 3.8) is 0 Å². The summed E-state index contributed by atoms with van der Waals surface area (Å²) in [5.74, 6) is 0.371. The Morgan fingerprint density at radius 2 is 2.00 bits per heavy atom. The topological polar surface area (TPSA) is 44.7 Å². The number of benzene rings is 1. The molecule has 166 valence electrons. The van der Waals surface area contributed by atoms with Crippen molar-refractivity contribution in [2.45, 2.75) is 59.4 Å². The van der Waals surface area contributed by atoms with Crippen LogP contribution in [0.25, 0.3) is 0 Å². The first-order valence-corrected chi connectivity index (χ1v) is 12.0. The fourth-order valence-electron chi connectivity index (χ4n) is 3.47. The normalized spacial score (nSPS) is 16.8. The van der Waals surface area contributed by atoms with E-state index in [1.54, 1.807) is 22.7 Å². The molecule has 1 aromatic rings. The van der Waals surface area contributed by atoms with Gasteiger partial charge in [-0.25, -0.2) is 4.39 Å². The molecule has 0 atom stereocenters. The predicted octanol–water partition coefficient (Wildman–Crippen LogP) is 5.57. The van der Waals surface area contributed by atoms with Crippen LogP contribution in [0.2, 0.25) is 5.02 Å². The zero-order valence-electron chi connectivity index (χ0n) is 18.4. The molecule has 1 aliphatic heterocycles. The summed E-state index contributed by atoms with van der Waals surface area (Å²) in [5.41, 5.74) is 2.99. The summed E-state index contributed by atoms with van der Waals surface area (Å²) in [4.78, 5) is 17.9. The van der Waals surface area contributed by atoms with Crippen molar-refractivity contribution >= 4 is 35.5 Å². The third-order valence-electron chi connectivity index (χ3n) is 5.55. The standard InChI is InChI=1S/C13H13ClFNS.C10H20N2O/c1-7-4-5-10(15)12(13(7)14)11-6-17-9(3)8(2)16-11;1-2-12(9-13)8-7-11-10-5-3-4-6-10/h4-5H,6H2,1-3H3;9-11H,2-8H2,1H3. The summed E-state index contributed by atoms with van der Waals surface area (Å²) in [6.07, 6.45) is 6.28. The molecule has 0 radical (unpaired) electrons. The molecule has 0 aromatic heterocycles. The van der Waals surface area contributed by atoms with E-state index in [1.807, 2.05) is 27.7 Å². The molecule has 0 saturated heterocycles. The van der Waals surface area contributed by atoms with Gasteiger partial charge in [0, 0.05) is 42.0 Å². The van der Waals surface area contributed by atoms with Gasteiger partial charge in [-0.15, -0.1) is 11.8 Å². The summed E-state index contributed by atoms with van der Waals surface area (Å²) in [6.45, 7) is 10.4. The van der Waals surface area contributed by atoms with E-state index in [9.17, 15) is 9.18 Å². The lowest BCUT2D eigenvalue weighted by Gasteiger charge is -2.17. The molecular formula is C23H33ClFN3OS. The number of likely N-dealkylation sites (N-methyl/N-ethyl adjacent to an activating group) is 1. The molecule has 30 heavy (non-hydrogen) atoms. The molecule has 0 unspecified atom stereocenters. The van der Waals surface area contributed by atoms with Crippen molar-refractivity contribution in [3.8, 4) is 0 Å². The SMILES string of the molecule is CC1=C(C)SCC(c2c(F)ccc(C)c2Cl)=N1.CCN(C=O)CCNC1CCCC1. The Bertz CT molecular complexity index is 791. The highest BCUT2D eigenvalue weighted by molar-refractivity contribution is 8.03. The minimum Gasteiger partial charge on any atom is -0.344 e. The van der Waals surface area contributed by atoms with Crippen LogP contribution in [0.3, 0.4) is 0 Å². The first-order valence-electron chi connectivity index (χ1n) is 10.6. The van der Waals surface area contributed by atoms with Gasteiger partial charge in [-0.2, -0.15) is 0 Å². The Morgan fingerprint density at radius 3 is 2.60 bits per heavy atom. The average Bonchev–Trinajstić information content (AvgIpc) is 3.25. The maximum absolute atomic E-state index is 13.8. The number of thioether (sulfide) groups is 1. The smallest absolute Gasteiger partial charge is 0.209 e. The Labute approximate surface area is 189 Å². The average molecular weight is 454 g/mol. The van der Waals surface area contributed by atoms with E-state index in [4.69, 9.17) is 11.6 Å². The Balaban J connectivity index is 0.000000222. The van der Waals surface area contributed by atoms with Gasteiger partial charge in [-0.05, 0) is 52.2 Å². The zero-order valence-corrected chi connectivity index (χ0v) is 20.0. The summed E-state index contributed by atoms with van der Waals surface area (Å²) in [5, 5.41) is 3.95. The van der Waals surface area contributed by atoms with Crippen LogP contribution in [0.5, 0.6) is 0 Å². The van der Waals surface area contributed by atoms with Gasteiger partial charge in [-0.3, -0.25) is 9.79 Å². The van der Waals surface area contributed by atoms with Gasteiger partial charge >= 0.3 is 0 Å². The third-order valence-corrected chi connectivity index (χ3v) is 7.19. The number of hydrogen-bond acceptors (Lipinski definition) is 4. The quantitative estimate of drug-likeness (QED) is 0.548. The van der Waals surface area contributed by atoms with Gasteiger partial charge in [0.1, 0.15) is 5.82 Å². The van der Waals surface area contributed by atoms with Crippen LogP contribution in [0.15, 0.2) is 27.7 Å². The van der Waals surface area contributed by atoms with Crippen LogP contribution in [-0.2, 0) is 4.79 Å². The fraction of sp³-hybridized carbons (Fsp3) is 0.565. The zero-order chi connectivity index (χ0) is 22.1. The van der Waals surface area contributed by atoms with Crippen molar-refractivity contribution in [2.75, 3.05) is 25.4 Å². The third kappa shape index (κ3) is 7.10. The van der Waals surface area contributed by atoms with E-state index in [-0.39, 0.29) is 5.82 Å². The number of allylic oxidation sites excluding steroid dienone is 2. The molecule has 1 saturated carbocycles. The van der Waals surface area contributed by atoms with Crippen molar-refractivity contribution in [3.05, 3.63) is 44.7 Å². The molecule has 1 amide bonds. The highest BCUT2D eigenvalue weighted by atomic mass is 35.5. The van der Waals surface area contributed by atoms with Crippen LogP contribution in [0.1, 0.15) is 57.6 Å². The Hall–Kier alpha value is -1.37. The highest BCUT2D eigenvalue weighted by Crippen LogP contribution is 2.31. The van der Waals surface area contributed by atoms with Gasteiger partial charge in [-0.1, -0.05) is 30.5 Å². The van der Waals surface area contributed by atoms with E-state index in [0.29, 0.717) is 22.4 Å². The first-order chi connectivity index (χ1) is 14.4. The monoisotopic (exact) mass is 453 g/mol. The number of nitrogens with one attached hydrogen (secondary N) is 1. The maximum atomic E-state index is 13.8. The second kappa shape index (κ2) is 12.5. The number of carbonyl (C=O) groups is 1. The molecule has 1 fully saturated rings. The molecule has 3 rings (SSSR count). The van der Waals surface area contributed by atoms with Crippen LogP contribution in [0, 0.1) is 12.7 Å². The fourth-order valence-corrected chi connectivity index (χ4v) is 4.55. The van der Waals surface area contributed by atoms with Gasteiger partial charge in [0.15, 0.2) is 0 Å². The molecular weight excluding hydrogens is 421 g/mol. The van der Waals surface area contributed by atoms with Crippen LogP contribution >= 0.6 is 23.4 Å². The second-order valence-electron chi connectivity index (χ2n) is 7.71. The minimum absolute atomic E-state index is 0.299.